The van der Waals surface area contributed by atoms with Gasteiger partial charge < -0.3 is 14.6 Å². The molecule has 5 rings (SSSR count). The highest BCUT2D eigenvalue weighted by Crippen LogP contribution is 2.59. The molecule has 1 aromatic heterocycles. The summed E-state index contributed by atoms with van der Waals surface area (Å²) >= 11 is 5.05. The molecule has 2 unspecified atom stereocenters. The molecule has 0 radical (unpaired) electrons. The second kappa shape index (κ2) is 10.6. The van der Waals surface area contributed by atoms with E-state index in [0.29, 0.717) is 10.6 Å². The van der Waals surface area contributed by atoms with Crippen molar-refractivity contribution in [3.8, 4) is 0 Å². The van der Waals surface area contributed by atoms with Crippen LogP contribution in [0.5, 0.6) is 0 Å². The fraction of sp³-hybridized carbons (Fsp3) is 0.522. The Morgan fingerprint density at radius 3 is 2.67 bits per heavy atom. The lowest BCUT2D eigenvalue weighted by Gasteiger charge is -2.21. The van der Waals surface area contributed by atoms with Crippen LogP contribution in [0.4, 0.5) is 13.2 Å². The van der Waals surface area contributed by atoms with Gasteiger partial charge in [0.1, 0.15) is 0 Å². The van der Waals surface area contributed by atoms with Crippen LogP contribution in [0.3, 0.4) is 0 Å². The number of carbonyl (C=O) groups is 1. The molecule has 1 saturated heterocycles. The lowest BCUT2D eigenvalue weighted by Crippen LogP contribution is -2.29. The van der Waals surface area contributed by atoms with Crippen LogP contribution in [0, 0.1) is 5.92 Å². The maximum absolute atomic E-state index is 13.3. The SMILES string of the molecule is Cn1c(SCCCN2C[C@@H]3CC3(c3ccc(Br)cc3)C2)nnc1C1C=[N+](C)N=C1C(F)(F)F.O=CO. The maximum atomic E-state index is 13.3. The van der Waals surface area contributed by atoms with Gasteiger partial charge >= 0.3 is 6.18 Å². The summed E-state index contributed by atoms with van der Waals surface area (Å²) in [5, 5.41) is 19.3. The molecule has 0 spiro atoms. The molecule has 1 N–H and O–H groups in total. The lowest BCUT2D eigenvalue weighted by atomic mass is 9.95. The fourth-order valence-corrected chi connectivity index (χ4v) is 6.24. The molecule has 1 saturated carbocycles. The van der Waals surface area contributed by atoms with Crippen LogP contribution in [-0.4, -0.2) is 86.5 Å². The Hall–Kier alpha value is -2.25. The topological polar surface area (TPSA) is 86.6 Å². The monoisotopic (exact) mass is 587 g/mol. The van der Waals surface area contributed by atoms with Crippen LogP contribution in [0.25, 0.3) is 0 Å². The largest absolute Gasteiger partial charge is 0.483 e. The van der Waals surface area contributed by atoms with E-state index in [1.807, 2.05) is 0 Å². The summed E-state index contributed by atoms with van der Waals surface area (Å²) in [6, 6.07) is 8.73. The first-order valence-corrected chi connectivity index (χ1v) is 13.2. The average Bonchev–Trinajstić information content (AvgIpc) is 3.10. The van der Waals surface area contributed by atoms with E-state index in [2.05, 4.69) is 60.4 Å². The van der Waals surface area contributed by atoms with Crippen molar-refractivity contribution in [2.75, 3.05) is 32.4 Å². The van der Waals surface area contributed by atoms with E-state index in [4.69, 9.17) is 9.90 Å². The molecule has 3 heterocycles. The van der Waals surface area contributed by atoms with Crippen molar-refractivity contribution in [1.82, 2.24) is 19.7 Å². The van der Waals surface area contributed by atoms with Crippen LogP contribution in [-0.2, 0) is 17.3 Å². The van der Waals surface area contributed by atoms with Gasteiger partial charge in [-0.15, -0.1) is 10.2 Å². The smallest absolute Gasteiger partial charge is 0.436 e. The molecule has 2 fully saturated rings. The van der Waals surface area contributed by atoms with Crippen molar-refractivity contribution in [2.45, 2.75) is 35.5 Å². The number of fused-ring (bicyclic) bond motifs is 1. The van der Waals surface area contributed by atoms with Gasteiger partial charge in [-0.1, -0.05) is 44.5 Å². The zero-order valence-electron chi connectivity index (χ0n) is 19.8. The Bertz CT molecular complexity index is 1170. The standard InChI is InChI=1S/C22H25BrF3N6S.CH2O2/c1-30-12-17(18(29-30)22(24,25)26)19-27-28-20(31(19)2)33-9-3-8-32-11-15-10-21(15,13-32)14-4-6-16(23)7-5-14;2-1-3/h4-7,12,15,17H,3,8-11,13H2,1-2H3;1H,(H,2,3)/q+1;/t15-,17?,21?;/m0./s1. The maximum Gasteiger partial charge on any atom is 0.436 e. The summed E-state index contributed by atoms with van der Waals surface area (Å²) in [4.78, 5) is 10.9. The van der Waals surface area contributed by atoms with Crippen molar-refractivity contribution in [2.24, 2.45) is 18.1 Å². The van der Waals surface area contributed by atoms with Crippen molar-refractivity contribution in [3.05, 3.63) is 40.1 Å². The number of aromatic nitrogens is 3. The summed E-state index contributed by atoms with van der Waals surface area (Å²) in [6.07, 6.45) is -0.821. The number of halogens is 4. The van der Waals surface area contributed by atoms with Gasteiger partial charge in [0.05, 0.1) is 0 Å². The zero-order valence-corrected chi connectivity index (χ0v) is 22.2. The van der Waals surface area contributed by atoms with Gasteiger partial charge in [-0.2, -0.15) is 13.2 Å². The van der Waals surface area contributed by atoms with Crippen molar-refractivity contribution >= 4 is 46.1 Å². The molecule has 8 nitrogen and oxygen atoms in total. The molecule has 194 valence electrons. The van der Waals surface area contributed by atoms with Gasteiger partial charge in [-0.05, 0) is 43.0 Å². The summed E-state index contributed by atoms with van der Waals surface area (Å²) < 4.78 is 44.0. The minimum Gasteiger partial charge on any atom is -0.483 e. The van der Waals surface area contributed by atoms with Gasteiger partial charge in [0, 0.05) is 40.9 Å². The second-order valence-corrected chi connectivity index (χ2v) is 11.2. The molecular formula is C23H27BrF3N6O2S+. The minimum absolute atomic E-state index is 0.250. The Morgan fingerprint density at radius 1 is 1.31 bits per heavy atom. The van der Waals surface area contributed by atoms with Gasteiger partial charge in [-0.3, -0.25) is 4.79 Å². The number of likely N-dealkylation sites (tertiary alicyclic amines) is 1. The highest BCUT2D eigenvalue weighted by molar-refractivity contribution is 9.10. The number of hydrogen-bond donors (Lipinski definition) is 1. The van der Waals surface area contributed by atoms with Crippen LogP contribution < -0.4 is 0 Å². The summed E-state index contributed by atoms with van der Waals surface area (Å²) in [6.45, 7) is 3.00. The number of thioether (sulfide) groups is 1. The number of hydrogen-bond acceptors (Lipinski definition) is 6. The van der Waals surface area contributed by atoms with E-state index < -0.39 is 17.8 Å². The minimum atomic E-state index is -4.50. The third-order valence-electron chi connectivity index (χ3n) is 6.85. The Kier molecular flexibility index (Phi) is 7.91. The fourth-order valence-electron chi connectivity index (χ4n) is 5.13. The third kappa shape index (κ3) is 5.52. The van der Waals surface area contributed by atoms with Crippen LogP contribution in [0.15, 0.2) is 39.0 Å². The van der Waals surface area contributed by atoms with Gasteiger partial charge in [-0.25, -0.2) is 0 Å². The number of rotatable bonds is 7. The molecule has 13 heteroatoms. The van der Waals surface area contributed by atoms with Crippen LogP contribution in [0.2, 0.25) is 0 Å². The Balaban J connectivity index is 0.000000967. The molecule has 36 heavy (non-hydrogen) atoms. The van der Waals surface area contributed by atoms with E-state index in [9.17, 15) is 13.2 Å². The van der Waals surface area contributed by atoms with E-state index in [1.165, 1.54) is 41.7 Å². The van der Waals surface area contributed by atoms with Crippen molar-refractivity contribution in [1.29, 1.82) is 0 Å². The number of alkyl halides is 3. The quantitative estimate of drug-likeness (QED) is 0.230. The number of nitrogens with zero attached hydrogens (tertiary/aromatic N) is 6. The molecule has 1 aliphatic carbocycles. The predicted molar refractivity (Wildman–Crippen MR) is 134 cm³/mol. The summed E-state index contributed by atoms with van der Waals surface area (Å²) in [5.41, 5.74) is 0.911. The number of carboxylic acid groups (broad SMARTS) is 1. The van der Waals surface area contributed by atoms with Crippen molar-refractivity contribution in [3.63, 3.8) is 0 Å². The highest BCUT2D eigenvalue weighted by atomic mass is 79.9. The van der Waals surface area contributed by atoms with Gasteiger partial charge in [0.15, 0.2) is 30.2 Å². The second-order valence-electron chi connectivity index (χ2n) is 9.19. The molecule has 1 aromatic carbocycles. The highest BCUT2D eigenvalue weighted by Gasteiger charge is 2.60. The first kappa shape index (κ1) is 26.8. The first-order chi connectivity index (χ1) is 17.1. The van der Waals surface area contributed by atoms with Crippen molar-refractivity contribution < 1.29 is 27.8 Å². The number of benzene rings is 1. The number of piperidine rings is 1. The van der Waals surface area contributed by atoms with Gasteiger partial charge in [0.25, 0.3) is 6.47 Å². The summed E-state index contributed by atoms with van der Waals surface area (Å²) in [5.74, 6) is 0.812. The average molecular weight is 588 g/mol. The molecular weight excluding hydrogens is 561 g/mol. The van der Waals surface area contributed by atoms with E-state index >= 15 is 0 Å². The van der Waals surface area contributed by atoms with Gasteiger partial charge in [0.2, 0.25) is 5.71 Å². The third-order valence-corrected chi connectivity index (χ3v) is 8.48. The van der Waals surface area contributed by atoms with E-state index in [-0.39, 0.29) is 12.3 Å². The van der Waals surface area contributed by atoms with E-state index in [1.54, 1.807) is 11.6 Å². The molecule has 2 aliphatic heterocycles. The van der Waals surface area contributed by atoms with Crippen LogP contribution in [0.1, 0.15) is 30.1 Å². The molecule has 3 aliphatic rings. The number of hydrazone groups is 1. The van der Waals surface area contributed by atoms with Crippen LogP contribution >= 0.6 is 27.7 Å². The molecule has 0 amide bonds. The van der Waals surface area contributed by atoms with E-state index in [0.717, 1.165) is 42.2 Å². The molecule has 3 atom stereocenters. The Labute approximate surface area is 219 Å². The summed E-state index contributed by atoms with van der Waals surface area (Å²) in [7, 11) is 3.20. The first-order valence-electron chi connectivity index (χ1n) is 11.4. The molecule has 2 aromatic rings. The lowest BCUT2D eigenvalue weighted by molar-refractivity contribution is -0.495. The Morgan fingerprint density at radius 2 is 2.00 bits per heavy atom. The molecule has 0 bridgehead atoms. The predicted octanol–water partition coefficient (Wildman–Crippen LogP) is 3.76. The normalized spacial score (nSPS) is 25.1. The zero-order chi connectivity index (χ0) is 26.1.